The summed E-state index contributed by atoms with van der Waals surface area (Å²) in [7, 11) is -3.51. The summed E-state index contributed by atoms with van der Waals surface area (Å²) in [5.74, 6) is -0.245. The van der Waals surface area contributed by atoms with Gasteiger partial charge >= 0.3 is 0 Å². The molecule has 0 radical (unpaired) electrons. The zero-order valence-corrected chi connectivity index (χ0v) is 15.5. The third-order valence-electron chi connectivity index (χ3n) is 3.55. The third-order valence-corrected chi connectivity index (χ3v) is 5.21. The molecule has 0 saturated carbocycles. The van der Waals surface area contributed by atoms with Crippen molar-refractivity contribution in [3.8, 4) is 0 Å². The van der Waals surface area contributed by atoms with Crippen LogP contribution in [0.1, 0.15) is 29.3 Å². The summed E-state index contributed by atoms with van der Waals surface area (Å²) in [6.07, 6.45) is 1.18. The van der Waals surface area contributed by atoms with Gasteiger partial charge in [-0.15, -0.1) is 0 Å². The van der Waals surface area contributed by atoms with Gasteiger partial charge < -0.3 is 5.32 Å². The average molecular weight is 381 g/mol. The molecule has 0 aromatic heterocycles. The van der Waals surface area contributed by atoms with Crippen LogP contribution in [0.5, 0.6) is 0 Å². The topological polar surface area (TPSA) is 75.3 Å². The van der Waals surface area contributed by atoms with Crippen molar-refractivity contribution in [2.24, 2.45) is 0 Å². The lowest BCUT2D eigenvalue weighted by molar-refractivity contribution is 0.0953. The molecule has 0 aliphatic rings. The molecule has 0 heterocycles. The maximum Gasteiger partial charge on any atom is 0.251 e. The lowest BCUT2D eigenvalue weighted by Gasteiger charge is -2.10. The van der Waals surface area contributed by atoms with Crippen molar-refractivity contribution in [1.29, 1.82) is 0 Å². The van der Waals surface area contributed by atoms with E-state index < -0.39 is 10.0 Å². The van der Waals surface area contributed by atoms with Crippen LogP contribution in [0.4, 0.5) is 5.69 Å². The minimum atomic E-state index is -3.51. The van der Waals surface area contributed by atoms with E-state index in [1.54, 1.807) is 36.4 Å². The Kier molecular flexibility index (Phi) is 6.84. The van der Waals surface area contributed by atoms with Crippen LogP contribution in [0, 0.1) is 0 Å². The van der Waals surface area contributed by atoms with Gasteiger partial charge in [0.2, 0.25) is 10.0 Å². The van der Waals surface area contributed by atoms with Crippen molar-refractivity contribution in [2.75, 3.05) is 17.0 Å². The SMILES string of the molecule is CCCNC(=O)c1ccc(NS(=O)(=O)CCc2ccccc2Cl)cc1. The second kappa shape index (κ2) is 8.87. The molecule has 0 bridgehead atoms. The Morgan fingerprint density at radius 3 is 2.40 bits per heavy atom. The van der Waals surface area contributed by atoms with E-state index in [9.17, 15) is 13.2 Å². The molecule has 2 rings (SSSR count). The van der Waals surface area contributed by atoms with Gasteiger partial charge in [0, 0.05) is 22.8 Å². The number of sulfonamides is 1. The zero-order valence-electron chi connectivity index (χ0n) is 14.0. The standard InChI is InChI=1S/C18H21ClN2O3S/c1-2-12-20-18(22)15-7-9-16(10-8-15)21-25(23,24)13-11-14-5-3-4-6-17(14)19/h3-10,21H,2,11-13H2,1H3,(H,20,22). The van der Waals surface area contributed by atoms with Gasteiger partial charge in [-0.2, -0.15) is 0 Å². The van der Waals surface area contributed by atoms with Crippen molar-refractivity contribution in [3.63, 3.8) is 0 Å². The summed E-state index contributed by atoms with van der Waals surface area (Å²) in [5, 5.41) is 3.33. The second-order valence-corrected chi connectivity index (χ2v) is 7.84. The number of carbonyl (C=O) groups is 1. The van der Waals surface area contributed by atoms with Crippen LogP contribution in [0.25, 0.3) is 0 Å². The highest BCUT2D eigenvalue weighted by atomic mass is 35.5. The predicted molar refractivity (Wildman–Crippen MR) is 102 cm³/mol. The first-order valence-electron chi connectivity index (χ1n) is 8.03. The Morgan fingerprint density at radius 1 is 1.08 bits per heavy atom. The summed E-state index contributed by atoms with van der Waals surface area (Å²) in [6, 6.07) is 13.5. The highest BCUT2D eigenvalue weighted by molar-refractivity contribution is 7.92. The van der Waals surface area contributed by atoms with Crippen molar-refractivity contribution in [1.82, 2.24) is 5.32 Å². The molecule has 25 heavy (non-hydrogen) atoms. The quantitative estimate of drug-likeness (QED) is 0.736. The molecule has 0 aliphatic heterocycles. The lowest BCUT2D eigenvalue weighted by atomic mass is 10.2. The van der Waals surface area contributed by atoms with Crippen LogP contribution in [0.2, 0.25) is 5.02 Å². The second-order valence-electron chi connectivity index (χ2n) is 5.60. The summed E-state index contributed by atoms with van der Waals surface area (Å²) in [5.41, 5.74) is 1.70. The Morgan fingerprint density at radius 2 is 1.76 bits per heavy atom. The van der Waals surface area contributed by atoms with Gasteiger partial charge in [0.25, 0.3) is 5.91 Å². The van der Waals surface area contributed by atoms with Gasteiger partial charge in [-0.3, -0.25) is 9.52 Å². The molecule has 2 N–H and O–H groups in total. The number of amides is 1. The molecule has 1 amide bonds. The summed E-state index contributed by atoms with van der Waals surface area (Å²) >= 11 is 6.04. The highest BCUT2D eigenvalue weighted by Gasteiger charge is 2.12. The maximum absolute atomic E-state index is 12.2. The molecule has 0 saturated heterocycles. The van der Waals surface area contributed by atoms with Crippen molar-refractivity contribution < 1.29 is 13.2 Å². The minimum absolute atomic E-state index is 0.0739. The Labute approximate surface area is 153 Å². The van der Waals surface area contributed by atoms with Gasteiger partial charge in [0.15, 0.2) is 0 Å². The Bertz CT molecular complexity index is 820. The Balaban J connectivity index is 1.96. The van der Waals surface area contributed by atoms with Gasteiger partial charge in [-0.25, -0.2) is 8.42 Å². The van der Waals surface area contributed by atoms with Crippen molar-refractivity contribution in [3.05, 3.63) is 64.7 Å². The van der Waals surface area contributed by atoms with Crippen LogP contribution in [-0.2, 0) is 16.4 Å². The number of halogens is 1. The number of hydrogen-bond acceptors (Lipinski definition) is 3. The molecule has 0 unspecified atom stereocenters. The van der Waals surface area contributed by atoms with Gasteiger partial charge in [0.05, 0.1) is 5.75 Å². The normalized spacial score (nSPS) is 11.1. The molecular weight excluding hydrogens is 360 g/mol. The van der Waals surface area contributed by atoms with Crippen LogP contribution in [0.3, 0.4) is 0 Å². The smallest absolute Gasteiger partial charge is 0.251 e. The Hall–Kier alpha value is -2.05. The predicted octanol–water partition coefficient (Wildman–Crippen LogP) is 3.46. The van der Waals surface area contributed by atoms with E-state index in [1.807, 2.05) is 19.1 Å². The lowest BCUT2D eigenvalue weighted by Crippen LogP contribution is -2.24. The number of hydrogen-bond donors (Lipinski definition) is 2. The van der Waals surface area contributed by atoms with Gasteiger partial charge in [-0.1, -0.05) is 36.7 Å². The monoisotopic (exact) mass is 380 g/mol. The fraction of sp³-hybridized carbons (Fsp3) is 0.278. The van der Waals surface area contributed by atoms with E-state index in [0.29, 0.717) is 29.2 Å². The molecule has 2 aromatic carbocycles. The van der Waals surface area contributed by atoms with Crippen molar-refractivity contribution >= 4 is 33.2 Å². The number of carbonyl (C=O) groups excluding carboxylic acids is 1. The van der Waals surface area contributed by atoms with E-state index in [4.69, 9.17) is 11.6 Å². The number of anilines is 1. The first-order valence-corrected chi connectivity index (χ1v) is 10.1. The third kappa shape index (κ3) is 6.07. The number of benzene rings is 2. The first kappa shape index (κ1) is 19.3. The van der Waals surface area contributed by atoms with E-state index in [1.165, 1.54) is 0 Å². The zero-order chi connectivity index (χ0) is 18.3. The number of aryl methyl sites for hydroxylation is 1. The first-order chi connectivity index (χ1) is 11.9. The molecule has 134 valence electrons. The van der Waals surface area contributed by atoms with Crippen LogP contribution < -0.4 is 10.0 Å². The van der Waals surface area contributed by atoms with E-state index >= 15 is 0 Å². The highest BCUT2D eigenvalue weighted by Crippen LogP contribution is 2.17. The van der Waals surface area contributed by atoms with Crippen molar-refractivity contribution in [2.45, 2.75) is 19.8 Å². The minimum Gasteiger partial charge on any atom is -0.352 e. The van der Waals surface area contributed by atoms with Gasteiger partial charge in [-0.05, 0) is 48.7 Å². The molecule has 5 nitrogen and oxygen atoms in total. The van der Waals surface area contributed by atoms with Crippen LogP contribution in [0.15, 0.2) is 48.5 Å². The van der Waals surface area contributed by atoms with E-state index in [2.05, 4.69) is 10.0 Å². The van der Waals surface area contributed by atoms with Gasteiger partial charge in [0.1, 0.15) is 0 Å². The van der Waals surface area contributed by atoms with Crippen LogP contribution >= 0.6 is 11.6 Å². The van der Waals surface area contributed by atoms with E-state index in [-0.39, 0.29) is 11.7 Å². The fourth-order valence-electron chi connectivity index (χ4n) is 2.21. The molecule has 0 spiro atoms. The van der Waals surface area contributed by atoms with Crippen LogP contribution in [-0.4, -0.2) is 26.6 Å². The molecular formula is C18H21ClN2O3S. The average Bonchev–Trinajstić information content (AvgIpc) is 2.59. The molecule has 0 aliphatic carbocycles. The fourth-order valence-corrected chi connectivity index (χ4v) is 3.52. The number of nitrogens with one attached hydrogen (secondary N) is 2. The molecule has 2 aromatic rings. The summed E-state index contributed by atoms with van der Waals surface area (Å²) in [6.45, 7) is 2.58. The maximum atomic E-state index is 12.2. The summed E-state index contributed by atoms with van der Waals surface area (Å²) in [4.78, 5) is 11.8. The van der Waals surface area contributed by atoms with E-state index in [0.717, 1.165) is 12.0 Å². The molecule has 7 heteroatoms. The largest absolute Gasteiger partial charge is 0.352 e. The number of rotatable bonds is 8. The molecule has 0 atom stereocenters. The molecule has 0 fully saturated rings. The summed E-state index contributed by atoms with van der Waals surface area (Å²) < 4.78 is 26.9.